The van der Waals surface area contributed by atoms with Gasteiger partial charge in [0.15, 0.2) is 11.6 Å². The van der Waals surface area contributed by atoms with Crippen LogP contribution in [0.2, 0.25) is 0 Å². The average Bonchev–Trinajstić information content (AvgIpc) is 2.92. The fraction of sp³-hybridized carbons (Fsp3) is 0. The lowest BCUT2D eigenvalue weighted by Crippen LogP contribution is -2.18. The van der Waals surface area contributed by atoms with E-state index in [-0.39, 0.29) is 11.6 Å². The van der Waals surface area contributed by atoms with E-state index in [1.165, 1.54) is 6.26 Å². The first kappa shape index (κ1) is 11.7. The van der Waals surface area contributed by atoms with Crippen molar-refractivity contribution in [1.82, 2.24) is 0 Å². The number of oxime groups is 1. The first-order valence-corrected chi connectivity index (χ1v) is 5.14. The molecule has 0 radical (unpaired) electrons. The molecule has 1 aromatic heterocycles. The second kappa shape index (κ2) is 5.05. The molecule has 0 saturated carbocycles. The molecule has 18 heavy (non-hydrogen) atoms. The van der Waals surface area contributed by atoms with E-state index in [1.54, 1.807) is 36.4 Å². The molecule has 0 aliphatic rings. The summed E-state index contributed by atoms with van der Waals surface area (Å²) in [4.78, 5) is 11.8. The Bertz CT molecular complexity index is 576. The Hall–Kier alpha value is -2.76. The van der Waals surface area contributed by atoms with Gasteiger partial charge in [0.1, 0.15) is 0 Å². The number of nitrogens with zero attached hydrogens (tertiary/aromatic N) is 1. The topological polar surface area (TPSA) is 101 Å². The van der Waals surface area contributed by atoms with Crippen LogP contribution in [0.3, 0.4) is 0 Å². The lowest BCUT2D eigenvalue weighted by Gasteiger charge is -2.08. The number of benzene rings is 1. The van der Waals surface area contributed by atoms with Gasteiger partial charge in [-0.05, 0) is 24.3 Å². The van der Waals surface area contributed by atoms with Gasteiger partial charge < -0.3 is 20.7 Å². The van der Waals surface area contributed by atoms with Crippen molar-refractivity contribution in [2.75, 3.05) is 5.32 Å². The fourth-order valence-electron chi connectivity index (χ4n) is 1.46. The Kier molecular flexibility index (Phi) is 3.29. The van der Waals surface area contributed by atoms with Gasteiger partial charge >= 0.3 is 0 Å². The molecule has 2 aromatic rings. The predicted octanol–water partition coefficient (Wildman–Crippen LogP) is 1.63. The second-order valence-corrected chi connectivity index (χ2v) is 3.46. The highest BCUT2D eigenvalue weighted by molar-refractivity contribution is 6.08. The van der Waals surface area contributed by atoms with E-state index in [0.29, 0.717) is 11.3 Å². The van der Waals surface area contributed by atoms with E-state index < -0.39 is 5.91 Å². The maximum absolute atomic E-state index is 11.8. The predicted molar refractivity (Wildman–Crippen MR) is 65.6 cm³/mol. The lowest BCUT2D eigenvalue weighted by atomic mass is 10.1. The minimum Gasteiger partial charge on any atom is -0.459 e. The van der Waals surface area contributed by atoms with Crippen LogP contribution in [0.15, 0.2) is 52.2 Å². The Morgan fingerprint density at radius 3 is 2.72 bits per heavy atom. The Balaban J connectivity index is 2.27. The van der Waals surface area contributed by atoms with Crippen LogP contribution in [0.4, 0.5) is 5.69 Å². The monoisotopic (exact) mass is 245 g/mol. The van der Waals surface area contributed by atoms with E-state index in [4.69, 9.17) is 15.4 Å². The fourth-order valence-corrected chi connectivity index (χ4v) is 1.46. The van der Waals surface area contributed by atoms with Crippen LogP contribution >= 0.6 is 0 Å². The van der Waals surface area contributed by atoms with E-state index >= 15 is 0 Å². The molecule has 0 aliphatic carbocycles. The number of carbonyl (C=O) groups excluding carboxylic acids is 1. The number of rotatable bonds is 3. The Labute approximate surface area is 103 Å². The summed E-state index contributed by atoms with van der Waals surface area (Å²) in [5, 5.41) is 14.2. The van der Waals surface area contributed by atoms with Crippen molar-refractivity contribution in [2.45, 2.75) is 0 Å². The van der Waals surface area contributed by atoms with E-state index in [2.05, 4.69) is 10.5 Å². The van der Waals surface area contributed by atoms with Crippen LogP contribution in [-0.4, -0.2) is 17.0 Å². The average molecular weight is 245 g/mol. The zero-order valence-electron chi connectivity index (χ0n) is 9.33. The summed E-state index contributed by atoms with van der Waals surface area (Å²) >= 11 is 0. The Morgan fingerprint density at radius 2 is 2.06 bits per heavy atom. The number of anilines is 1. The SMILES string of the molecule is N/C(=N/O)c1ccccc1NC(=O)c1ccco1. The lowest BCUT2D eigenvalue weighted by molar-refractivity contribution is 0.0996. The number of carbonyl (C=O) groups is 1. The maximum Gasteiger partial charge on any atom is 0.291 e. The normalized spacial score (nSPS) is 11.2. The number of nitrogens with two attached hydrogens (primary N) is 1. The minimum atomic E-state index is -0.404. The molecule has 0 spiro atoms. The molecular weight excluding hydrogens is 234 g/mol. The van der Waals surface area contributed by atoms with Crippen LogP contribution in [0, 0.1) is 0 Å². The third-order valence-corrected chi connectivity index (χ3v) is 2.30. The quantitative estimate of drug-likeness (QED) is 0.331. The molecule has 2 rings (SSSR count). The molecule has 1 heterocycles. The number of amides is 1. The molecule has 1 amide bonds. The number of nitrogens with one attached hydrogen (secondary N) is 1. The Morgan fingerprint density at radius 1 is 1.28 bits per heavy atom. The molecule has 6 heteroatoms. The highest BCUT2D eigenvalue weighted by atomic mass is 16.4. The summed E-state index contributed by atoms with van der Waals surface area (Å²) < 4.78 is 4.97. The highest BCUT2D eigenvalue weighted by Gasteiger charge is 2.12. The third-order valence-electron chi connectivity index (χ3n) is 2.30. The van der Waals surface area contributed by atoms with Gasteiger partial charge in [-0.2, -0.15) is 0 Å². The van der Waals surface area contributed by atoms with Crippen LogP contribution in [-0.2, 0) is 0 Å². The molecule has 92 valence electrons. The van der Waals surface area contributed by atoms with E-state index in [9.17, 15) is 4.79 Å². The molecular formula is C12H11N3O3. The number of hydrogen-bond acceptors (Lipinski definition) is 4. The summed E-state index contributed by atoms with van der Waals surface area (Å²) in [6.07, 6.45) is 1.41. The largest absolute Gasteiger partial charge is 0.459 e. The van der Waals surface area contributed by atoms with Crippen molar-refractivity contribution in [3.63, 3.8) is 0 Å². The van der Waals surface area contributed by atoms with Gasteiger partial charge in [0.2, 0.25) is 0 Å². The minimum absolute atomic E-state index is 0.0784. The molecule has 0 bridgehead atoms. The summed E-state index contributed by atoms with van der Waals surface area (Å²) in [7, 11) is 0. The number of hydrogen-bond donors (Lipinski definition) is 3. The van der Waals surface area contributed by atoms with E-state index in [0.717, 1.165) is 0 Å². The van der Waals surface area contributed by atoms with Crippen LogP contribution in [0.25, 0.3) is 0 Å². The first-order valence-electron chi connectivity index (χ1n) is 5.14. The van der Waals surface area contributed by atoms with Gasteiger partial charge in [-0.25, -0.2) is 0 Å². The zero-order chi connectivity index (χ0) is 13.0. The van der Waals surface area contributed by atoms with Crippen molar-refractivity contribution in [3.8, 4) is 0 Å². The van der Waals surface area contributed by atoms with Crippen LogP contribution in [0.1, 0.15) is 16.1 Å². The summed E-state index contributed by atoms with van der Waals surface area (Å²) in [6.45, 7) is 0. The van der Waals surface area contributed by atoms with Gasteiger partial charge in [-0.1, -0.05) is 17.3 Å². The molecule has 0 aliphatic heterocycles. The standard InChI is InChI=1S/C12H11N3O3/c13-11(15-17)8-4-1-2-5-9(8)14-12(16)10-6-3-7-18-10/h1-7,17H,(H2,13,15)(H,14,16). The summed E-state index contributed by atoms with van der Waals surface area (Å²) in [5.74, 6) is -0.298. The van der Waals surface area contributed by atoms with Gasteiger partial charge in [-0.15, -0.1) is 0 Å². The molecule has 0 saturated heterocycles. The van der Waals surface area contributed by atoms with Crippen LogP contribution < -0.4 is 11.1 Å². The van der Waals surface area contributed by atoms with Crippen LogP contribution in [0.5, 0.6) is 0 Å². The van der Waals surface area contributed by atoms with Crippen molar-refractivity contribution in [3.05, 3.63) is 54.0 Å². The van der Waals surface area contributed by atoms with Crippen molar-refractivity contribution in [1.29, 1.82) is 0 Å². The summed E-state index contributed by atoms with van der Waals surface area (Å²) in [5.41, 5.74) is 6.38. The number of furan rings is 1. The molecule has 4 N–H and O–H groups in total. The number of para-hydroxylation sites is 1. The van der Waals surface area contributed by atoms with Crippen molar-refractivity contribution < 1.29 is 14.4 Å². The molecule has 1 aromatic carbocycles. The molecule has 0 unspecified atom stereocenters. The van der Waals surface area contributed by atoms with Crippen molar-refractivity contribution >= 4 is 17.4 Å². The third kappa shape index (κ3) is 2.32. The smallest absolute Gasteiger partial charge is 0.291 e. The van der Waals surface area contributed by atoms with Gasteiger partial charge in [0, 0.05) is 5.56 Å². The zero-order valence-corrected chi connectivity index (χ0v) is 9.33. The second-order valence-electron chi connectivity index (χ2n) is 3.46. The van der Waals surface area contributed by atoms with E-state index in [1.807, 2.05) is 0 Å². The maximum atomic E-state index is 11.8. The molecule has 0 fully saturated rings. The van der Waals surface area contributed by atoms with Gasteiger partial charge in [-0.3, -0.25) is 4.79 Å². The molecule has 0 atom stereocenters. The summed E-state index contributed by atoms with van der Waals surface area (Å²) in [6, 6.07) is 9.88. The molecule has 6 nitrogen and oxygen atoms in total. The highest BCUT2D eigenvalue weighted by Crippen LogP contribution is 2.16. The van der Waals surface area contributed by atoms with Gasteiger partial charge in [0.25, 0.3) is 5.91 Å². The van der Waals surface area contributed by atoms with Gasteiger partial charge in [0.05, 0.1) is 12.0 Å². The van der Waals surface area contributed by atoms with Crippen molar-refractivity contribution in [2.24, 2.45) is 10.9 Å². The number of amidine groups is 1. The first-order chi connectivity index (χ1) is 8.72.